The van der Waals surface area contributed by atoms with Gasteiger partial charge in [-0.2, -0.15) is 13.2 Å². The van der Waals surface area contributed by atoms with Gasteiger partial charge in [0.15, 0.2) is 6.10 Å². The minimum atomic E-state index is -4.50. The van der Waals surface area contributed by atoms with Crippen molar-refractivity contribution in [3.05, 3.63) is 28.2 Å². The third kappa shape index (κ3) is 3.84. The number of alkyl halides is 3. The van der Waals surface area contributed by atoms with Crippen LogP contribution in [0.1, 0.15) is 11.7 Å². The molecule has 1 fully saturated rings. The molecule has 1 aromatic carbocycles. The number of benzene rings is 1. The largest absolute Gasteiger partial charge is 0.497 e. The maximum Gasteiger partial charge on any atom is 0.418 e. The van der Waals surface area contributed by atoms with Gasteiger partial charge in [-0.15, -0.1) is 0 Å². The van der Waals surface area contributed by atoms with Gasteiger partial charge in [-0.05, 0) is 18.2 Å². The van der Waals surface area contributed by atoms with Crippen molar-refractivity contribution in [2.24, 2.45) is 0 Å². The molecule has 0 saturated carbocycles. The van der Waals surface area contributed by atoms with E-state index in [-0.39, 0.29) is 18.3 Å². The molecule has 0 amide bonds. The average Bonchev–Trinajstić information content (AvgIpc) is 3.14. The Balaban J connectivity index is 2.24. The van der Waals surface area contributed by atoms with Crippen LogP contribution < -0.4 is 4.74 Å². The van der Waals surface area contributed by atoms with E-state index < -0.39 is 12.3 Å². The van der Waals surface area contributed by atoms with Gasteiger partial charge in [-0.25, -0.2) is 0 Å². The van der Waals surface area contributed by atoms with Gasteiger partial charge in [0.25, 0.3) is 0 Å². The van der Waals surface area contributed by atoms with Crippen LogP contribution in [-0.4, -0.2) is 32.6 Å². The monoisotopic (exact) mass is 340 g/mol. The Morgan fingerprint density at radius 2 is 2.16 bits per heavy atom. The molecule has 0 bridgehead atoms. The zero-order valence-electron chi connectivity index (χ0n) is 10.0. The fourth-order valence-electron chi connectivity index (χ4n) is 1.58. The molecule has 106 valence electrons. The first-order chi connectivity index (χ1) is 8.91. The highest BCUT2D eigenvalue weighted by molar-refractivity contribution is 9.10. The van der Waals surface area contributed by atoms with Crippen LogP contribution >= 0.6 is 15.9 Å². The summed E-state index contributed by atoms with van der Waals surface area (Å²) in [4.78, 5) is 0. The quantitative estimate of drug-likeness (QED) is 0.769. The number of hydrogen-bond donors (Lipinski definition) is 0. The lowest BCUT2D eigenvalue weighted by atomic mass is 10.1. The molecule has 0 aliphatic carbocycles. The first kappa shape index (κ1) is 14.6. The summed E-state index contributed by atoms with van der Waals surface area (Å²) in [5, 5.41) is 0. The van der Waals surface area contributed by atoms with Crippen LogP contribution in [0.25, 0.3) is 0 Å². The zero-order valence-corrected chi connectivity index (χ0v) is 11.6. The van der Waals surface area contributed by atoms with E-state index in [4.69, 9.17) is 14.2 Å². The Morgan fingerprint density at radius 3 is 2.68 bits per heavy atom. The van der Waals surface area contributed by atoms with Crippen molar-refractivity contribution in [2.75, 3.05) is 20.3 Å². The van der Waals surface area contributed by atoms with Gasteiger partial charge in [-0.3, -0.25) is 0 Å². The molecule has 0 radical (unpaired) electrons. The van der Waals surface area contributed by atoms with Crippen molar-refractivity contribution >= 4 is 15.9 Å². The predicted molar refractivity (Wildman–Crippen MR) is 65.2 cm³/mol. The van der Waals surface area contributed by atoms with Crippen LogP contribution in [0.2, 0.25) is 0 Å². The summed E-state index contributed by atoms with van der Waals surface area (Å²) in [6.45, 7) is 0.373. The molecule has 2 rings (SSSR count). The van der Waals surface area contributed by atoms with Gasteiger partial charge in [0, 0.05) is 10.0 Å². The van der Waals surface area contributed by atoms with Crippen LogP contribution in [0.3, 0.4) is 0 Å². The number of epoxide rings is 1. The van der Waals surface area contributed by atoms with E-state index in [1.54, 1.807) is 6.07 Å². The van der Waals surface area contributed by atoms with E-state index in [0.717, 1.165) is 0 Å². The Morgan fingerprint density at radius 1 is 1.47 bits per heavy atom. The highest BCUT2D eigenvalue weighted by atomic mass is 79.9. The molecule has 19 heavy (non-hydrogen) atoms. The molecule has 0 spiro atoms. The van der Waals surface area contributed by atoms with Gasteiger partial charge in [0.1, 0.15) is 11.9 Å². The first-order valence-corrected chi connectivity index (χ1v) is 6.34. The summed E-state index contributed by atoms with van der Waals surface area (Å²) in [6.07, 6.45) is -6.72. The van der Waals surface area contributed by atoms with E-state index >= 15 is 0 Å². The molecular weight excluding hydrogens is 329 g/mol. The number of methoxy groups -OCH3 is 1. The summed E-state index contributed by atoms with van der Waals surface area (Å²) in [5.41, 5.74) is -0.00694. The molecule has 1 heterocycles. The molecule has 1 aromatic rings. The summed E-state index contributed by atoms with van der Waals surface area (Å²) in [7, 11) is 1.40. The average molecular weight is 341 g/mol. The first-order valence-electron chi connectivity index (χ1n) is 5.55. The van der Waals surface area contributed by atoms with Crippen LogP contribution in [0.4, 0.5) is 13.2 Å². The molecule has 0 aromatic heterocycles. The number of halogens is 4. The van der Waals surface area contributed by atoms with Crippen LogP contribution in [-0.2, 0) is 9.47 Å². The fraction of sp³-hybridized carbons (Fsp3) is 0.500. The standard InChI is InChI=1S/C12H12BrF3O3/c1-17-7-2-3-10(13)9(4-7)11(12(14,15)16)19-6-8-5-18-8/h2-4,8,11H,5-6H2,1H3/t8-,11+/m1/s1. The van der Waals surface area contributed by atoms with Gasteiger partial charge >= 0.3 is 6.18 Å². The lowest BCUT2D eigenvalue weighted by Gasteiger charge is -2.22. The topological polar surface area (TPSA) is 31.0 Å². The number of ether oxygens (including phenoxy) is 3. The second kappa shape index (κ2) is 5.68. The summed E-state index contributed by atoms with van der Waals surface area (Å²) in [5.74, 6) is 0.346. The maximum absolute atomic E-state index is 13.1. The predicted octanol–water partition coefficient (Wildman–Crippen LogP) is 3.48. The Kier molecular flexibility index (Phi) is 4.37. The van der Waals surface area contributed by atoms with Crippen molar-refractivity contribution in [3.8, 4) is 5.75 Å². The Hall–Kier alpha value is -0.790. The summed E-state index contributed by atoms with van der Waals surface area (Å²) in [6, 6.07) is 4.39. The van der Waals surface area contributed by atoms with Gasteiger partial charge in [0.2, 0.25) is 0 Å². The molecular formula is C12H12BrF3O3. The second-order valence-corrected chi connectivity index (χ2v) is 4.95. The third-order valence-electron chi connectivity index (χ3n) is 2.63. The van der Waals surface area contributed by atoms with Crippen LogP contribution in [0, 0.1) is 0 Å². The SMILES string of the molecule is COc1ccc(Br)c([C@H](OC[C@H]2CO2)C(F)(F)F)c1. The number of rotatable bonds is 5. The molecule has 1 saturated heterocycles. The summed E-state index contributed by atoms with van der Waals surface area (Å²) < 4.78 is 54.3. The highest BCUT2D eigenvalue weighted by Gasteiger charge is 2.44. The fourth-order valence-corrected chi connectivity index (χ4v) is 2.03. The smallest absolute Gasteiger partial charge is 0.418 e. The van der Waals surface area contributed by atoms with Crippen molar-refractivity contribution in [2.45, 2.75) is 18.4 Å². The van der Waals surface area contributed by atoms with Gasteiger partial charge < -0.3 is 14.2 Å². The molecule has 0 N–H and O–H groups in total. The van der Waals surface area contributed by atoms with Crippen LogP contribution in [0.15, 0.2) is 22.7 Å². The minimum Gasteiger partial charge on any atom is -0.497 e. The van der Waals surface area contributed by atoms with Crippen molar-refractivity contribution in [1.29, 1.82) is 0 Å². The van der Waals surface area contributed by atoms with Crippen molar-refractivity contribution in [3.63, 3.8) is 0 Å². The Labute approximate surface area is 116 Å². The third-order valence-corrected chi connectivity index (χ3v) is 3.36. The van der Waals surface area contributed by atoms with Gasteiger partial charge in [-0.1, -0.05) is 15.9 Å². The zero-order chi connectivity index (χ0) is 14.0. The molecule has 3 nitrogen and oxygen atoms in total. The molecule has 2 atom stereocenters. The highest BCUT2D eigenvalue weighted by Crippen LogP contribution is 2.40. The molecule has 0 unspecified atom stereocenters. The normalized spacial score (nSPS) is 20.2. The lowest BCUT2D eigenvalue weighted by Crippen LogP contribution is -2.25. The molecule has 1 aliphatic heterocycles. The van der Waals surface area contributed by atoms with E-state index in [1.807, 2.05) is 0 Å². The van der Waals surface area contributed by atoms with Crippen molar-refractivity contribution < 1.29 is 27.4 Å². The lowest BCUT2D eigenvalue weighted by molar-refractivity contribution is -0.225. The molecule has 1 aliphatic rings. The van der Waals surface area contributed by atoms with E-state index in [2.05, 4.69) is 15.9 Å². The van der Waals surface area contributed by atoms with Crippen LogP contribution in [0.5, 0.6) is 5.75 Å². The summed E-state index contributed by atoms with van der Waals surface area (Å²) >= 11 is 3.11. The molecule has 7 heteroatoms. The Bertz CT molecular complexity index is 446. The van der Waals surface area contributed by atoms with E-state index in [1.165, 1.54) is 19.2 Å². The van der Waals surface area contributed by atoms with E-state index in [0.29, 0.717) is 16.8 Å². The minimum absolute atomic E-state index is 0.00694. The number of hydrogen-bond acceptors (Lipinski definition) is 3. The maximum atomic E-state index is 13.1. The van der Waals surface area contributed by atoms with Gasteiger partial charge in [0.05, 0.1) is 20.3 Å². The van der Waals surface area contributed by atoms with Crippen molar-refractivity contribution in [1.82, 2.24) is 0 Å². The van der Waals surface area contributed by atoms with E-state index in [9.17, 15) is 13.2 Å². The second-order valence-electron chi connectivity index (χ2n) is 4.10.